The second-order valence-electron chi connectivity index (χ2n) is 7.58. The van der Waals surface area contributed by atoms with E-state index in [9.17, 15) is 5.11 Å². The van der Waals surface area contributed by atoms with Crippen LogP contribution in [0.15, 0.2) is 70.5 Å². The van der Waals surface area contributed by atoms with Gasteiger partial charge >= 0.3 is 0 Å². The molecule has 2 aromatic carbocycles. The number of hydrogen-bond donors (Lipinski definition) is 1. The Morgan fingerprint density at radius 3 is 1.96 bits per heavy atom. The van der Waals surface area contributed by atoms with Crippen molar-refractivity contribution >= 4 is 23.5 Å². The molecule has 25 heavy (non-hydrogen) atoms. The molecule has 0 aromatic heterocycles. The zero-order valence-corrected chi connectivity index (χ0v) is 16.7. The van der Waals surface area contributed by atoms with E-state index in [1.54, 1.807) is 0 Å². The number of aliphatic hydroxyl groups is 1. The van der Waals surface area contributed by atoms with E-state index >= 15 is 0 Å². The van der Waals surface area contributed by atoms with Crippen molar-refractivity contribution in [2.24, 2.45) is 11.3 Å². The Labute approximate surface area is 160 Å². The molecule has 1 aliphatic rings. The Morgan fingerprint density at radius 2 is 1.48 bits per heavy atom. The summed E-state index contributed by atoms with van der Waals surface area (Å²) in [7, 11) is 0. The van der Waals surface area contributed by atoms with Gasteiger partial charge < -0.3 is 5.11 Å². The molecular weight excluding hydrogens is 344 g/mol. The Balaban J connectivity index is 1.77. The lowest BCUT2D eigenvalue weighted by atomic mass is 9.66. The molecule has 2 aromatic rings. The van der Waals surface area contributed by atoms with Crippen molar-refractivity contribution in [1.29, 1.82) is 0 Å². The second kappa shape index (κ2) is 8.66. The normalized spacial score (nSPS) is 22.9. The summed E-state index contributed by atoms with van der Waals surface area (Å²) in [5, 5.41) is 10.7. The van der Waals surface area contributed by atoms with E-state index in [0.29, 0.717) is 10.5 Å². The van der Waals surface area contributed by atoms with Crippen LogP contribution >= 0.6 is 23.5 Å². The van der Waals surface area contributed by atoms with Crippen LogP contribution < -0.4 is 0 Å². The van der Waals surface area contributed by atoms with Crippen LogP contribution in [-0.2, 0) is 0 Å². The molecule has 0 amide bonds. The number of hydrogen-bond acceptors (Lipinski definition) is 3. The van der Waals surface area contributed by atoms with Crippen molar-refractivity contribution in [2.45, 2.75) is 60.0 Å². The summed E-state index contributed by atoms with van der Waals surface area (Å²) in [5.74, 6) is 0.360. The molecule has 0 aliphatic heterocycles. The van der Waals surface area contributed by atoms with Gasteiger partial charge in [0.05, 0.1) is 10.7 Å². The van der Waals surface area contributed by atoms with E-state index in [2.05, 4.69) is 74.5 Å². The Hall–Kier alpha value is -0.900. The third kappa shape index (κ3) is 5.29. The van der Waals surface area contributed by atoms with E-state index in [1.165, 1.54) is 16.2 Å². The first-order valence-corrected chi connectivity index (χ1v) is 10.9. The van der Waals surface area contributed by atoms with Gasteiger partial charge in [0.2, 0.25) is 0 Å². The van der Waals surface area contributed by atoms with Crippen LogP contribution in [-0.4, -0.2) is 15.8 Å². The van der Waals surface area contributed by atoms with Gasteiger partial charge in [-0.15, -0.1) is 23.5 Å². The lowest BCUT2D eigenvalue weighted by Crippen LogP contribution is -2.39. The molecular formula is C22H28OS2. The summed E-state index contributed by atoms with van der Waals surface area (Å²) in [6.45, 7) is 4.66. The van der Waals surface area contributed by atoms with Gasteiger partial charge in [0.1, 0.15) is 0 Å². The van der Waals surface area contributed by atoms with Crippen molar-refractivity contribution in [3.8, 4) is 0 Å². The first-order chi connectivity index (χ1) is 12.0. The third-order valence-corrected chi connectivity index (χ3v) is 7.83. The minimum Gasteiger partial charge on any atom is -0.393 e. The molecule has 0 bridgehead atoms. The van der Waals surface area contributed by atoms with Crippen molar-refractivity contribution in [1.82, 2.24) is 0 Å². The first kappa shape index (κ1) is 18.9. The molecule has 134 valence electrons. The summed E-state index contributed by atoms with van der Waals surface area (Å²) in [5.41, 5.74) is 0.213. The highest BCUT2D eigenvalue weighted by atomic mass is 32.2. The molecule has 1 nitrogen and oxygen atoms in total. The van der Waals surface area contributed by atoms with Crippen molar-refractivity contribution in [3.05, 3.63) is 60.7 Å². The highest BCUT2D eigenvalue weighted by Gasteiger charge is 2.39. The standard InChI is InChI=1S/C22H28OS2/c1-22(2)15-9-14-20(23)19(22)16-21(24-17-10-5-3-6-11-17)25-18-12-7-4-8-13-18/h3-8,10-13,19-21,23H,9,14-16H2,1-2H3/t19-,20-/m0/s1. The SMILES string of the molecule is CC1(C)CCC[C@H](O)[C@@H]1CC(Sc1ccccc1)Sc1ccccc1. The smallest absolute Gasteiger partial charge is 0.0600 e. The maximum absolute atomic E-state index is 10.7. The average Bonchev–Trinajstić information content (AvgIpc) is 2.60. The van der Waals surface area contributed by atoms with Gasteiger partial charge in [-0.2, -0.15) is 0 Å². The quantitative estimate of drug-likeness (QED) is 0.463. The molecule has 0 unspecified atom stereocenters. The van der Waals surface area contributed by atoms with Crippen molar-refractivity contribution in [2.75, 3.05) is 0 Å². The topological polar surface area (TPSA) is 20.2 Å². The fourth-order valence-corrected chi connectivity index (χ4v) is 6.48. The zero-order chi connectivity index (χ0) is 17.7. The summed E-state index contributed by atoms with van der Waals surface area (Å²) in [6, 6.07) is 21.3. The van der Waals surface area contributed by atoms with Gasteiger partial charge in [-0.25, -0.2) is 0 Å². The van der Waals surface area contributed by atoms with Gasteiger partial charge in [0.15, 0.2) is 0 Å². The van der Waals surface area contributed by atoms with E-state index in [0.717, 1.165) is 19.3 Å². The van der Waals surface area contributed by atoms with Gasteiger partial charge in [0, 0.05) is 9.79 Å². The lowest BCUT2D eigenvalue weighted by Gasteiger charge is -2.43. The number of rotatable bonds is 6. The van der Waals surface area contributed by atoms with Crippen LogP contribution in [0.4, 0.5) is 0 Å². The summed E-state index contributed by atoms with van der Waals surface area (Å²) >= 11 is 3.86. The molecule has 0 radical (unpaired) electrons. The van der Waals surface area contributed by atoms with Crippen molar-refractivity contribution < 1.29 is 5.11 Å². The molecule has 1 fully saturated rings. The van der Waals surface area contributed by atoms with Crippen LogP contribution in [0.3, 0.4) is 0 Å². The van der Waals surface area contributed by atoms with E-state index in [4.69, 9.17) is 0 Å². The molecule has 1 aliphatic carbocycles. The van der Waals surface area contributed by atoms with Gasteiger partial charge in [-0.1, -0.05) is 56.7 Å². The maximum Gasteiger partial charge on any atom is 0.0600 e. The minimum atomic E-state index is -0.168. The van der Waals surface area contributed by atoms with Crippen LogP contribution in [0.5, 0.6) is 0 Å². The summed E-state index contributed by atoms with van der Waals surface area (Å²) < 4.78 is 0.404. The number of aliphatic hydroxyl groups excluding tert-OH is 1. The summed E-state index contributed by atoms with van der Waals surface area (Å²) in [4.78, 5) is 2.61. The lowest BCUT2D eigenvalue weighted by molar-refractivity contribution is -0.0107. The molecule has 3 heteroatoms. The molecule has 1 N–H and O–H groups in total. The van der Waals surface area contributed by atoms with Crippen LogP contribution in [0.1, 0.15) is 39.5 Å². The fourth-order valence-electron chi connectivity index (χ4n) is 3.78. The molecule has 1 saturated carbocycles. The second-order valence-corrected chi connectivity index (χ2v) is 10.4. The monoisotopic (exact) mass is 372 g/mol. The molecule has 0 heterocycles. The Bertz CT molecular complexity index is 600. The van der Waals surface area contributed by atoms with Crippen LogP contribution in [0.2, 0.25) is 0 Å². The van der Waals surface area contributed by atoms with E-state index in [-0.39, 0.29) is 11.5 Å². The number of thioether (sulfide) groups is 2. The minimum absolute atomic E-state index is 0.168. The van der Waals surface area contributed by atoms with Gasteiger partial charge in [0.25, 0.3) is 0 Å². The van der Waals surface area contributed by atoms with Crippen LogP contribution in [0, 0.1) is 11.3 Å². The summed E-state index contributed by atoms with van der Waals surface area (Å²) in [6.07, 6.45) is 4.18. The van der Waals surface area contributed by atoms with Gasteiger partial charge in [-0.3, -0.25) is 0 Å². The molecule has 0 spiro atoms. The molecule has 2 atom stereocenters. The third-order valence-electron chi connectivity index (χ3n) is 5.26. The predicted octanol–water partition coefficient (Wildman–Crippen LogP) is 6.47. The zero-order valence-electron chi connectivity index (χ0n) is 15.1. The largest absolute Gasteiger partial charge is 0.393 e. The first-order valence-electron chi connectivity index (χ1n) is 9.16. The van der Waals surface area contributed by atoms with Crippen LogP contribution in [0.25, 0.3) is 0 Å². The highest BCUT2D eigenvalue weighted by Crippen LogP contribution is 2.48. The molecule has 0 saturated heterocycles. The fraction of sp³-hybridized carbons (Fsp3) is 0.455. The Morgan fingerprint density at radius 1 is 0.960 bits per heavy atom. The maximum atomic E-state index is 10.7. The van der Waals surface area contributed by atoms with Gasteiger partial charge in [-0.05, 0) is 54.9 Å². The molecule has 3 rings (SSSR count). The predicted molar refractivity (Wildman–Crippen MR) is 110 cm³/mol. The highest BCUT2D eigenvalue weighted by molar-refractivity contribution is 8.17. The average molecular weight is 373 g/mol. The van der Waals surface area contributed by atoms with E-state index < -0.39 is 0 Å². The number of benzene rings is 2. The van der Waals surface area contributed by atoms with Crippen molar-refractivity contribution in [3.63, 3.8) is 0 Å². The van der Waals surface area contributed by atoms with E-state index in [1.807, 2.05) is 23.5 Å². The Kier molecular flexibility index (Phi) is 6.54.